The number of aliphatic carboxylic acids is 1. The highest BCUT2D eigenvalue weighted by Crippen LogP contribution is 2.47. The fourth-order valence-electron chi connectivity index (χ4n) is 5.07. The molecule has 28 heavy (non-hydrogen) atoms. The molecule has 5 rings (SSSR count). The summed E-state index contributed by atoms with van der Waals surface area (Å²) in [4.78, 5) is 25.8. The smallest absolute Gasteiger partial charge is 0.410 e. The van der Waals surface area contributed by atoms with E-state index in [0.717, 1.165) is 12.8 Å². The zero-order valence-electron chi connectivity index (χ0n) is 15.6. The summed E-state index contributed by atoms with van der Waals surface area (Å²) >= 11 is 0. The highest BCUT2D eigenvalue weighted by molar-refractivity contribution is 5.79. The van der Waals surface area contributed by atoms with Gasteiger partial charge in [-0.15, -0.1) is 0 Å². The van der Waals surface area contributed by atoms with E-state index in [1.807, 2.05) is 24.3 Å². The minimum atomic E-state index is -0.746. The molecule has 0 aromatic heterocycles. The average molecular weight is 377 g/mol. The number of benzene rings is 2. The first-order chi connectivity index (χ1) is 13.6. The van der Waals surface area contributed by atoms with Crippen molar-refractivity contribution in [3.63, 3.8) is 0 Å². The third kappa shape index (κ3) is 2.77. The van der Waals surface area contributed by atoms with E-state index in [4.69, 9.17) is 4.74 Å². The number of hydrogen-bond acceptors (Lipinski definition) is 3. The first kappa shape index (κ1) is 17.3. The minimum Gasteiger partial charge on any atom is -0.481 e. The predicted octanol–water partition coefficient (Wildman–Crippen LogP) is 4.12. The van der Waals surface area contributed by atoms with Crippen LogP contribution in [0.15, 0.2) is 48.5 Å². The molecule has 5 nitrogen and oxygen atoms in total. The summed E-state index contributed by atoms with van der Waals surface area (Å²) in [6.45, 7) is 0.966. The lowest BCUT2D eigenvalue weighted by atomic mass is 9.98. The van der Waals surface area contributed by atoms with Crippen molar-refractivity contribution in [1.29, 1.82) is 0 Å². The molecule has 0 bridgehead atoms. The first-order valence-corrected chi connectivity index (χ1v) is 9.99. The van der Waals surface area contributed by atoms with Crippen LogP contribution in [0.4, 0.5) is 4.79 Å². The van der Waals surface area contributed by atoms with Gasteiger partial charge >= 0.3 is 12.1 Å². The Morgan fingerprint density at radius 2 is 1.68 bits per heavy atom. The molecule has 1 amide bonds. The summed E-state index contributed by atoms with van der Waals surface area (Å²) in [5.41, 5.74) is 4.81. The van der Waals surface area contributed by atoms with Crippen LogP contribution in [0.2, 0.25) is 0 Å². The summed E-state index contributed by atoms with van der Waals surface area (Å²) < 4.78 is 5.77. The number of hydrogen-bond donors (Lipinski definition) is 1. The number of likely N-dealkylation sites (tertiary alicyclic amines) is 1. The molecule has 0 radical (unpaired) electrons. The van der Waals surface area contributed by atoms with E-state index < -0.39 is 5.97 Å². The third-order valence-corrected chi connectivity index (χ3v) is 6.52. The number of carboxylic acids is 1. The summed E-state index contributed by atoms with van der Waals surface area (Å²) in [5, 5.41) is 9.21. The lowest BCUT2D eigenvalue weighted by Gasteiger charge is -2.25. The monoisotopic (exact) mass is 377 g/mol. The molecule has 0 spiro atoms. The number of amides is 1. The summed E-state index contributed by atoms with van der Waals surface area (Å²) in [6, 6.07) is 16.6. The highest BCUT2D eigenvalue weighted by Gasteiger charge is 2.52. The second-order valence-corrected chi connectivity index (χ2v) is 8.05. The minimum absolute atomic E-state index is 0.0109. The molecule has 3 aliphatic rings. The van der Waals surface area contributed by atoms with E-state index in [2.05, 4.69) is 24.3 Å². The molecule has 2 aromatic rings. The molecule has 2 aliphatic carbocycles. The van der Waals surface area contributed by atoms with Crippen molar-refractivity contribution < 1.29 is 19.4 Å². The van der Waals surface area contributed by atoms with Crippen molar-refractivity contribution in [3.05, 3.63) is 59.7 Å². The Hall–Kier alpha value is -2.82. The number of carboxylic acid groups (broad SMARTS) is 1. The van der Waals surface area contributed by atoms with Crippen molar-refractivity contribution in [2.24, 2.45) is 11.8 Å². The van der Waals surface area contributed by atoms with Crippen LogP contribution < -0.4 is 0 Å². The second-order valence-electron chi connectivity index (χ2n) is 8.05. The maximum Gasteiger partial charge on any atom is 0.410 e. The number of fused-ring (bicyclic) bond motifs is 3. The van der Waals surface area contributed by atoms with Gasteiger partial charge in [-0.05, 0) is 47.4 Å². The third-order valence-electron chi connectivity index (χ3n) is 6.52. The van der Waals surface area contributed by atoms with Crippen molar-refractivity contribution in [3.8, 4) is 11.1 Å². The fourth-order valence-corrected chi connectivity index (χ4v) is 5.07. The molecule has 2 fully saturated rings. The van der Waals surface area contributed by atoms with Gasteiger partial charge in [-0.1, -0.05) is 48.5 Å². The topological polar surface area (TPSA) is 66.8 Å². The molecule has 5 heteroatoms. The van der Waals surface area contributed by atoms with E-state index in [1.165, 1.54) is 22.3 Å². The van der Waals surface area contributed by atoms with Gasteiger partial charge < -0.3 is 14.7 Å². The van der Waals surface area contributed by atoms with Gasteiger partial charge in [-0.25, -0.2) is 4.79 Å². The normalized spacial score (nSPS) is 25.3. The Balaban J connectivity index is 1.30. The van der Waals surface area contributed by atoms with Crippen molar-refractivity contribution >= 4 is 12.1 Å². The van der Waals surface area contributed by atoms with Crippen LogP contribution in [0.5, 0.6) is 0 Å². The molecule has 2 aromatic carbocycles. The van der Waals surface area contributed by atoms with E-state index in [9.17, 15) is 14.7 Å². The highest BCUT2D eigenvalue weighted by atomic mass is 16.6. The molecule has 1 N–H and O–H groups in total. The fraction of sp³-hybridized carbons (Fsp3) is 0.391. The van der Waals surface area contributed by atoms with Crippen molar-refractivity contribution in [2.45, 2.75) is 31.2 Å². The first-order valence-electron chi connectivity index (χ1n) is 9.99. The molecule has 1 saturated heterocycles. The van der Waals surface area contributed by atoms with Gasteiger partial charge in [-0.3, -0.25) is 4.79 Å². The molecule has 1 heterocycles. The van der Waals surface area contributed by atoms with Crippen LogP contribution in [0.3, 0.4) is 0 Å². The van der Waals surface area contributed by atoms with Gasteiger partial charge in [0.1, 0.15) is 6.61 Å². The van der Waals surface area contributed by atoms with Gasteiger partial charge in [0, 0.05) is 18.5 Å². The zero-order valence-corrected chi connectivity index (χ0v) is 15.6. The molecule has 1 unspecified atom stereocenters. The largest absolute Gasteiger partial charge is 0.481 e. The zero-order chi connectivity index (χ0) is 19.3. The SMILES string of the molecule is O=C(O)[C@@H]1C[C@H]1C1CCCN1C(=O)OCC1c2ccccc2-c2ccccc21. The number of nitrogens with zero attached hydrogens (tertiary/aromatic N) is 1. The Bertz CT molecular complexity index is 894. The van der Waals surface area contributed by atoms with Crippen LogP contribution >= 0.6 is 0 Å². The predicted molar refractivity (Wildman–Crippen MR) is 104 cm³/mol. The number of carbonyl (C=O) groups is 2. The molecule has 1 saturated carbocycles. The van der Waals surface area contributed by atoms with Gasteiger partial charge in [0.05, 0.1) is 5.92 Å². The van der Waals surface area contributed by atoms with E-state index in [0.29, 0.717) is 19.6 Å². The van der Waals surface area contributed by atoms with Crippen LogP contribution in [0.1, 0.15) is 36.3 Å². The van der Waals surface area contributed by atoms with Crippen LogP contribution in [0, 0.1) is 11.8 Å². The van der Waals surface area contributed by atoms with Crippen molar-refractivity contribution in [1.82, 2.24) is 4.90 Å². The molecular formula is C23H23NO4. The van der Waals surface area contributed by atoms with Crippen LogP contribution in [-0.4, -0.2) is 41.3 Å². The summed E-state index contributed by atoms with van der Waals surface area (Å²) in [6.07, 6.45) is 2.16. The lowest BCUT2D eigenvalue weighted by Crippen LogP contribution is -2.38. The Labute approximate surface area is 163 Å². The van der Waals surface area contributed by atoms with E-state index in [-0.39, 0.29) is 29.9 Å². The number of carbonyl (C=O) groups excluding carboxylic acids is 1. The molecule has 1 aliphatic heterocycles. The lowest BCUT2D eigenvalue weighted by molar-refractivity contribution is -0.139. The van der Waals surface area contributed by atoms with Crippen LogP contribution in [0.25, 0.3) is 11.1 Å². The average Bonchev–Trinajstić information content (AvgIpc) is 3.25. The van der Waals surface area contributed by atoms with Gasteiger partial charge in [0.2, 0.25) is 0 Å². The standard InChI is InChI=1S/C23H23NO4/c25-22(26)19-12-18(19)21-10-5-11-24(21)23(27)28-13-20-16-8-3-1-6-14(16)15-7-2-4-9-17(15)20/h1-4,6-9,18-21H,5,10-13H2,(H,25,26)/t18-,19-,21?/m1/s1. The number of ether oxygens (including phenoxy) is 1. The van der Waals surface area contributed by atoms with Gasteiger partial charge in [-0.2, -0.15) is 0 Å². The van der Waals surface area contributed by atoms with Gasteiger partial charge in [0.25, 0.3) is 0 Å². The molecule has 3 atom stereocenters. The van der Waals surface area contributed by atoms with Crippen LogP contribution in [-0.2, 0) is 9.53 Å². The summed E-state index contributed by atoms with van der Waals surface area (Å²) in [7, 11) is 0. The van der Waals surface area contributed by atoms with Crippen molar-refractivity contribution in [2.75, 3.05) is 13.2 Å². The molecular weight excluding hydrogens is 354 g/mol. The Kier molecular flexibility index (Phi) is 4.11. The maximum absolute atomic E-state index is 12.8. The van der Waals surface area contributed by atoms with Gasteiger partial charge in [0.15, 0.2) is 0 Å². The van der Waals surface area contributed by atoms with E-state index >= 15 is 0 Å². The second kappa shape index (κ2) is 6.66. The quantitative estimate of drug-likeness (QED) is 0.870. The van der Waals surface area contributed by atoms with E-state index in [1.54, 1.807) is 4.90 Å². The summed E-state index contributed by atoms with van der Waals surface area (Å²) in [5.74, 6) is -0.915. The number of rotatable bonds is 4. The Morgan fingerprint density at radius 1 is 1.04 bits per heavy atom. The Morgan fingerprint density at radius 3 is 2.29 bits per heavy atom. The molecule has 144 valence electrons. The maximum atomic E-state index is 12.8.